The number of nitro benzene ring substituents is 1. The maximum absolute atomic E-state index is 13.8. The summed E-state index contributed by atoms with van der Waals surface area (Å²) in [7, 11) is -1.06. The average Bonchev–Trinajstić information content (AvgIpc) is 3.20. The highest BCUT2D eigenvalue weighted by Crippen LogP contribution is 2.52. The number of anilines is 1. The van der Waals surface area contributed by atoms with E-state index in [0.717, 1.165) is 34.5 Å². The van der Waals surface area contributed by atoms with Crippen molar-refractivity contribution in [1.82, 2.24) is 0 Å². The zero-order valence-electron chi connectivity index (χ0n) is 22.7. The number of non-ortho nitro benzene ring substituents is 1. The molecule has 2 aromatic carbocycles. The predicted octanol–water partition coefficient (Wildman–Crippen LogP) is 5.29. The molecule has 2 heterocycles. The third kappa shape index (κ3) is 5.21. The van der Waals surface area contributed by atoms with E-state index < -0.39 is 23.9 Å². The molecule has 2 saturated heterocycles. The summed E-state index contributed by atoms with van der Waals surface area (Å²) in [6, 6.07) is 12.6. The van der Waals surface area contributed by atoms with Gasteiger partial charge in [0.25, 0.3) is 5.69 Å². The maximum atomic E-state index is 13.8. The van der Waals surface area contributed by atoms with Gasteiger partial charge in [-0.25, -0.2) is 4.90 Å². The van der Waals surface area contributed by atoms with Gasteiger partial charge in [0.2, 0.25) is 11.8 Å². The molecule has 40 heavy (non-hydrogen) atoms. The number of nitrogens with zero attached hydrogens (tertiary/aromatic N) is 2. The lowest BCUT2D eigenvalue weighted by molar-refractivity contribution is -0.384. The average molecular weight is 544 g/mol. The lowest BCUT2D eigenvalue weighted by Gasteiger charge is -2.43. The van der Waals surface area contributed by atoms with E-state index in [1.165, 1.54) is 23.8 Å². The Morgan fingerprint density at radius 1 is 1.15 bits per heavy atom. The molecular weight excluding hydrogens is 511 g/mol. The molecule has 0 unspecified atom stereocenters. The van der Waals surface area contributed by atoms with E-state index in [0.29, 0.717) is 19.3 Å². The van der Waals surface area contributed by atoms with Crippen LogP contribution in [0.5, 0.6) is 5.75 Å². The van der Waals surface area contributed by atoms with Gasteiger partial charge in [-0.2, -0.15) is 0 Å². The molecular formula is C30H33BN2O7. The number of rotatable bonds is 8. The highest BCUT2D eigenvalue weighted by atomic mass is 16.6. The van der Waals surface area contributed by atoms with Gasteiger partial charge in [0.1, 0.15) is 5.75 Å². The summed E-state index contributed by atoms with van der Waals surface area (Å²) >= 11 is 0. The normalized spacial score (nSPS) is 24.8. The van der Waals surface area contributed by atoms with Crippen molar-refractivity contribution < 1.29 is 29.3 Å². The second kappa shape index (κ2) is 11.4. The molecule has 1 aliphatic carbocycles. The lowest BCUT2D eigenvalue weighted by Crippen LogP contribution is -2.46. The van der Waals surface area contributed by atoms with Crippen LogP contribution in [0.3, 0.4) is 0 Å². The number of nitro groups is 1. The van der Waals surface area contributed by atoms with Crippen LogP contribution in [-0.4, -0.2) is 40.1 Å². The van der Waals surface area contributed by atoms with Gasteiger partial charge in [-0.05, 0) is 73.7 Å². The molecule has 0 saturated carbocycles. The Bertz CT molecular complexity index is 1390. The Morgan fingerprint density at radius 3 is 2.58 bits per heavy atom. The summed E-state index contributed by atoms with van der Waals surface area (Å²) in [5.41, 5.74) is 4.32. The topological polar surface area (TPSA) is 130 Å². The van der Waals surface area contributed by atoms with Gasteiger partial charge in [-0.1, -0.05) is 49.3 Å². The van der Waals surface area contributed by atoms with Crippen molar-refractivity contribution in [3.05, 3.63) is 80.9 Å². The second-order valence-electron chi connectivity index (χ2n) is 10.7. The van der Waals surface area contributed by atoms with Gasteiger partial charge >= 0.3 is 7.12 Å². The number of aromatic hydroxyl groups is 1. The summed E-state index contributed by atoms with van der Waals surface area (Å²) in [5.74, 6) is -2.05. The monoisotopic (exact) mass is 544 g/mol. The number of imide groups is 1. The Kier molecular flexibility index (Phi) is 7.91. The summed E-state index contributed by atoms with van der Waals surface area (Å²) < 4.78 is 6.07. The zero-order valence-corrected chi connectivity index (χ0v) is 22.7. The molecule has 3 aliphatic rings. The smallest absolute Gasteiger partial charge is 0.455 e. The molecule has 4 atom stereocenters. The molecule has 0 spiro atoms. The minimum atomic E-state index is -1.06. The van der Waals surface area contributed by atoms with Gasteiger partial charge in [0.05, 0.1) is 28.6 Å². The number of hydrogen-bond donors (Lipinski definition) is 2. The van der Waals surface area contributed by atoms with Crippen LogP contribution in [0.2, 0.25) is 6.32 Å². The summed E-state index contributed by atoms with van der Waals surface area (Å²) in [4.78, 5) is 39.3. The first-order valence-electron chi connectivity index (χ1n) is 13.9. The number of phenols is 1. The highest BCUT2D eigenvalue weighted by Gasteiger charge is 2.57. The highest BCUT2D eigenvalue weighted by molar-refractivity contribution is 6.43. The molecule has 0 radical (unpaired) electrons. The van der Waals surface area contributed by atoms with Crippen LogP contribution in [0.4, 0.5) is 11.4 Å². The van der Waals surface area contributed by atoms with E-state index in [2.05, 4.69) is 13.0 Å². The summed E-state index contributed by atoms with van der Waals surface area (Å²) in [6.45, 7) is 4.11. The SMILES string of the molecule is CCC1=C2[C@@H](CC/C(=C/c3ccc(O)cc3)CC)OB(O)C[C@@H]2[C@@H]2C(=O)N(c3cccc([N+](=O)[O-])c3)C(=O)[C@@H]2C1. The Hall–Kier alpha value is -3.76. The number of fused-ring (bicyclic) bond motifs is 3. The van der Waals surface area contributed by atoms with Crippen LogP contribution in [0.25, 0.3) is 6.08 Å². The largest absolute Gasteiger partial charge is 0.508 e. The third-order valence-corrected chi connectivity index (χ3v) is 8.48. The minimum absolute atomic E-state index is 0.185. The second-order valence-corrected chi connectivity index (χ2v) is 10.7. The zero-order chi connectivity index (χ0) is 28.6. The molecule has 208 valence electrons. The van der Waals surface area contributed by atoms with E-state index >= 15 is 0 Å². The van der Waals surface area contributed by atoms with E-state index in [9.17, 15) is 29.8 Å². The number of amides is 2. The van der Waals surface area contributed by atoms with E-state index in [4.69, 9.17) is 4.65 Å². The van der Waals surface area contributed by atoms with Crippen LogP contribution < -0.4 is 4.90 Å². The van der Waals surface area contributed by atoms with E-state index in [1.807, 2.05) is 19.1 Å². The number of allylic oxidation sites excluding steroid dienone is 2. The fourth-order valence-corrected chi connectivity index (χ4v) is 6.58. The van der Waals surface area contributed by atoms with Gasteiger partial charge in [-0.15, -0.1) is 0 Å². The Balaban J connectivity index is 1.42. The first-order chi connectivity index (χ1) is 19.2. The number of benzene rings is 2. The van der Waals surface area contributed by atoms with Crippen LogP contribution in [0.15, 0.2) is 65.3 Å². The number of carbonyl (C=O) groups is 2. The lowest BCUT2D eigenvalue weighted by atomic mass is 9.58. The van der Waals surface area contributed by atoms with Crippen LogP contribution in [0, 0.1) is 27.9 Å². The van der Waals surface area contributed by atoms with E-state index in [-0.39, 0.29) is 47.3 Å². The Labute approximate surface area is 233 Å². The first kappa shape index (κ1) is 27.8. The summed E-state index contributed by atoms with van der Waals surface area (Å²) in [6.07, 6.45) is 5.25. The third-order valence-electron chi connectivity index (χ3n) is 8.48. The molecule has 2 aromatic rings. The van der Waals surface area contributed by atoms with Gasteiger partial charge in [-0.3, -0.25) is 19.7 Å². The van der Waals surface area contributed by atoms with E-state index in [1.54, 1.807) is 18.2 Å². The molecule has 2 fully saturated rings. The molecule has 2 N–H and O–H groups in total. The minimum Gasteiger partial charge on any atom is -0.508 e. The number of hydrogen-bond acceptors (Lipinski definition) is 7. The van der Waals surface area contributed by atoms with Crippen LogP contribution in [-0.2, 0) is 14.2 Å². The van der Waals surface area contributed by atoms with Crippen molar-refractivity contribution in [2.75, 3.05) is 4.90 Å². The Morgan fingerprint density at radius 2 is 1.90 bits per heavy atom. The molecule has 0 aromatic heterocycles. The molecule has 2 amide bonds. The maximum Gasteiger partial charge on any atom is 0.455 e. The molecule has 9 nitrogen and oxygen atoms in total. The molecule has 0 bridgehead atoms. The van der Waals surface area contributed by atoms with Crippen molar-refractivity contribution in [2.24, 2.45) is 17.8 Å². The van der Waals surface area contributed by atoms with Crippen molar-refractivity contribution in [2.45, 2.75) is 58.4 Å². The van der Waals surface area contributed by atoms with Crippen molar-refractivity contribution in [1.29, 1.82) is 0 Å². The fourth-order valence-electron chi connectivity index (χ4n) is 6.58. The standard InChI is InChI=1S/C30H33BN2O7/c1-3-18(14-19-8-11-23(34)12-9-19)10-13-26-27-20(4-2)15-24-28(25(27)17-31(37)40-26)30(36)32(29(24)35)21-6-5-7-22(16-21)33(38)39/h5-9,11-12,14,16,24-26,28,34,37H,3-4,10,13,15,17H2,1-2H3/b18-14+/t24-,25+,26-,28-/m1/s1. The van der Waals surface area contributed by atoms with Crippen LogP contribution in [0.1, 0.15) is 51.5 Å². The van der Waals surface area contributed by atoms with Crippen molar-refractivity contribution >= 4 is 36.4 Å². The fraction of sp³-hybridized carbons (Fsp3) is 0.400. The van der Waals surface area contributed by atoms with Crippen molar-refractivity contribution in [3.63, 3.8) is 0 Å². The summed E-state index contributed by atoms with van der Waals surface area (Å²) in [5, 5.41) is 31.7. The van der Waals surface area contributed by atoms with Gasteiger partial charge < -0.3 is 14.8 Å². The predicted molar refractivity (Wildman–Crippen MR) is 151 cm³/mol. The molecule has 5 rings (SSSR count). The van der Waals surface area contributed by atoms with Gasteiger partial charge in [0, 0.05) is 12.1 Å². The van der Waals surface area contributed by atoms with Gasteiger partial charge in [0.15, 0.2) is 0 Å². The first-order valence-corrected chi connectivity index (χ1v) is 13.9. The molecule has 10 heteroatoms. The number of phenolic OH excluding ortho intramolecular Hbond substituents is 1. The quantitative estimate of drug-likeness (QED) is 0.152. The van der Waals surface area contributed by atoms with Crippen molar-refractivity contribution in [3.8, 4) is 5.75 Å². The van der Waals surface area contributed by atoms with Crippen LogP contribution >= 0.6 is 0 Å². The number of carbonyl (C=O) groups excluding carboxylic acids is 2. The molecule has 2 aliphatic heterocycles.